The first-order chi connectivity index (χ1) is 28.3. The van der Waals surface area contributed by atoms with Crippen LogP contribution in [0.1, 0.15) is 97.4 Å². The van der Waals surface area contributed by atoms with Crippen molar-refractivity contribution in [1.82, 2.24) is 39.0 Å². The van der Waals surface area contributed by atoms with Crippen LogP contribution in [0.4, 0.5) is 0 Å². The molecule has 9 atom stereocenters. The molecule has 4 rings (SSSR count). The van der Waals surface area contributed by atoms with Gasteiger partial charge in [0.1, 0.15) is 0 Å². The molecule has 16 heteroatoms. The molecule has 0 radical (unpaired) electrons. The minimum atomic E-state index is -3.00. The Morgan fingerprint density at radius 1 is 0.623 bits per heavy atom. The number of carbonyl (C=O) groups is 1. The number of nitrogens with one attached hydrogen (secondary N) is 1. The van der Waals surface area contributed by atoms with E-state index >= 15 is 0 Å². The molecule has 0 bridgehead atoms. The summed E-state index contributed by atoms with van der Waals surface area (Å²) in [6.07, 6.45) is 1.31. The zero-order chi connectivity index (χ0) is 46.0. The predicted molar refractivity (Wildman–Crippen MR) is 268 cm³/mol. The zero-order valence-corrected chi connectivity index (χ0v) is 44.0. The van der Waals surface area contributed by atoms with Gasteiger partial charge in [-0.05, 0) is 120 Å². The molecular formula is C45H99BClN8O4PS. The Labute approximate surface area is 386 Å². The molecule has 4 aliphatic rings. The number of hydrogen-bond donors (Lipinski definition) is 1. The van der Waals surface area contributed by atoms with Crippen LogP contribution in [-0.2, 0) is 19.5 Å². The summed E-state index contributed by atoms with van der Waals surface area (Å²) in [7, 11) is -0.836. The summed E-state index contributed by atoms with van der Waals surface area (Å²) in [4.78, 5) is 25.6. The second-order valence-corrected chi connectivity index (χ2v) is 21.1. The number of hydrogen-bond acceptors (Lipinski definition) is 10. The van der Waals surface area contributed by atoms with Crippen LogP contribution in [0.25, 0.3) is 0 Å². The first-order valence-corrected chi connectivity index (χ1v) is 27.5. The van der Waals surface area contributed by atoms with E-state index in [0.717, 1.165) is 76.0 Å². The van der Waals surface area contributed by atoms with Crippen LogP contribution in [-0.4, -0.2) is 199 Å². The molecule has 4 aliphatic heterocycles. The molecule has 61 heavy (non-hydrogen) atoms. The summed E-state index contributed by atoms with van der Waals surface area (Å²) in [6.45, 7) is 51.3. The van der Waals surface area contributed by atoms with Crippen molar-refractivity contribution in [3.8, 4) is 0 Å². The zero-order valence-electron chi connectivity index (χ0n) is 41.4. The van der Waals surface area contributed by atoms with Gasteiger partial charge in [0, 0.05) is 72.4 Å². The van der Waals surface area contributed by atoms with E-state index in [9.17, 15) is 13.2 Å². The Morgan fingerprint density at radius 3 is 1.26 bits per heavy atom. The number of nitrogens with zero attached hydrogens (tertiary/aromatic N) is 7. The number of likely N-dealkylation sites (tertiary alicyclic amines) is 2. The number of carbonyl (C=O) groups excluding carboxylic acids is 1. The monoisotopic (exact) mass is 925 g/mol. The number of amides is 1. The molecule has 1 N–H and O–H groups in total. The van der Waals surface area contributed by atoms with Crippen LogP contribution in [0.2, 0.25) is 0 Å². The molecule has 4 fully saturated rings. The first kappa shape index (κ1) is 62.8. The average molecular weight is 926 g/mol. The molecule has 12 nitrogen and oxygen atoms in total. The third kappa shape index (κ3) is 25.3. The van der Waals surface area contributed by atoms with Gasteiger partial charge in [-0.1, -0.05) is 90.5 Å². The molecule has 0 aromatic carbocycles. The predicted octanol–water partition coefficient (Wildman–Crippen LogP) is 6.43. The number of rotatable bonds is 18. The molecule has 4 heterocycles. The molecule has 0 aliphatic carbocycles. The van der Waals surface area contributed by atoms with E-state index in [1.807, 2.05) is 4.90 Å². The van der Waals surface area contributed by atoms with Crippen LogP contribution in [0.5, 0.6) is 0 Å². The standard InChI is InChI=1S/C12H24N2O.C11H24N2O2S.C11H24N2.C10H22N2.CH4.BClHOP/c1-5-13(6-2)8-12-9-14(11(4)15)7-10(12)3;1-5-12(6-2)8-11-9-13(7-10(11)3)16(4,14)15;1-5-13(6-2)9-11-8-12(4)7-10(11)3;1-4-12(5-2)8-10-7-11-6-9(10)3;;2-4-1-3/h10,12H,5-9H2,1-4H3;10-11H,5-9H2,1-4H3;10-11H,5-9H2,1-4H3;9-11H,4-8H2,1-3H3;1H4;4H. The van der Waals surface area contributed by atoms with E-state index in [-0.39, 0.29) is 21.1 Å². The molecule has 9 unspecified atom stereocenters. The van der Waals surface area contributed by atoms with Crippen molar-refractivity contribution in [2.24, 2.45) is 47.3 Å². The summed E-state index contributed by atoms with van der Waals surface area (Å²) in [6, 6.07) is 0. The summed E-state index contributed by atoms with van der Waals surface area (Å²) < 4.78 is 33.6. The van der Waals surface area contributed by atoms with Crippen molar-refractivity contribution in [3.63, 3.8) is 0 Å². The van der Waals surface area contributed by atoms with Gasteiger partial charge in [0.15, 0.2) is 0 Å². The Hall–Kier alpha value is -0.275. The second kappa shape index (κ2) is 35.0. The summed E-state index contributed by atoms with van der Waals surface area (Å²) >= 11 is 4.85. The van der Waals surface area contributed by atoms with Crippen molar-refractivity contribution in [1.29, 1.82) is 0 Å². The van der Waals surface area contributed by atoms with Crippen molar-refractivity contribution in [2.75, 3.05) is 144 Å². The molecule has 4 saturated heterocycles. The van der Waals surface area contributed by atoms with Gasteiger partial charge in [-0.2, -0.15) is 0 Å². The number of halogens is 1. The summed E-state index contributed by atoms with van der Waals surface area (Å²) in [5.74, 6) is 6.00. The maximum absolute atomic E-state index is 11.5. The number of sulfonamides is 1. The van der Waals surface area contributed by atoms with Crippen LogP contribution < -0.4 is 5.32 Å². The molecule has 0 aromatic heterocycles. The Kier molecular flexibility index (Phi) is 36.0. The van der Waals surface area contributed by atoms with E-state index in [1.54, 1.807) is 11.2 Å². The van der Waals surface area contributed by atoms with Crippen LogP contribution in [0.3, 0.4) is 0 Å². The van der Waals surface area contributed by atoms with Gasteiger partial charge in [0.05, 0.1) is 6.26 Å². The van der Waals surface area contributed by atoms with Crippen molar-refractivity contribution < 1.29 is 17.9 Å². The van der Waals surface area contributed by atoms with Crippen LogP contribution in [0.15, 0.2) is 0 Å². The summed E-state index contributed by atoms with van der Waals surface area (Å²) in [5.41, 5.74) is 0. The maximum atomic E-state index is 11.5. The molecule has 0 saturated carbocycles. The Bertz CT molecular complexity index is 1220. The van der Waals surface area contributed by atoms with Crippen molar-refractivity contribution in [3.05, 3.63) is 0 Å². The quantitative estimate of drug-likeness (QED) is 0.122. The Balaban J connectivity index is 0. The fourth-order valence-corrected chi connectivity index (χ4v) is 9.89. The second-order valence-electron chi connectivity index (χ2n) is 18.0. The van der Waals surface area contributed by atoms with Gasteiger partial charge >= 0.3 is 30.6 Å². The molecule has 1 amide bonds. The van der Waals surface area contributed by atoms with Crippen LogP contribution in [0, 0.1) is 47.3 Å². The fourth-order valence-electron chi connectivity index (χ4n) is 8.92. The molecule has 0 spiro atoms. The normalized spacial score (nSPS) is 26.7. The van der Waals surface area contributed by atoms with E-state index in [2.05, 4.69) is 120 Å². The van der Waals surface area contributed by atoms with Gasteiger partial charge in [-0.3, -0.25) is 4.79 Å². The SMILES string of the molecule is C.CCN(CC)CC1CN(C(C)=O)CC1C.CCN(CC)CC1CN(C)CC1C.CCN(CC)CC1CN(S(C)(=O)=O)CC1C.CCN(CC)CC1CNCC1C.O=BPCl. The fraction of sp³-hybridized carbons (Fsp3) is 0.978. The first-order valence-electron chi connectivity index (χ1n) is 23.6. The van der Waals surface area contributed by atoms with Gasteiger partial charge in [-0.25, -0.2) is 12.7 Å². The topological polar surface area (TPSA) is 103 Å². The van der Waals surface area contributed by atoms with Gasteiger partial charge in [-0.15, -0.1) is 0 Å². The molecule has 0 aromatic rings. The van der Waals surface area contributed by atoms with Gasteiger partial charge < -0.3 is 34.7 Å². The van der Waals surface area contributed by atoms with Crippen LogP contribution >= 0.6 is 19.1 Å². The van der Waals surface area contributed by atoms with E-state index in [4.69, 9.17) is 15.9 Å². The third-order valence-corrected chi connectivity index (χ3v) is 15.2. The third-order valence-electron chi connectivity index (χ3n) is 13.6. The minimum absolute atomic E-state index is 0. The molecular weight excluding hydrogens is 826 g/mol. The van der Waals surface area contributed by atoms with E-state index < -0.39 is 10.0 Å². The van der Waals surface area contributed by atoms with Crippen molar-refractivity contribution in [2.45, 2.75) is 97.4 Å². The van der Waals surface area contributed by atoms with Gasteiger partial charge in [0.2, 0.25) is 15.9 Å². The van der Waals surface area contributed by atoms with E-state index in [1.165, 1.54) is 71.7 Å². The average Bonchev–Trinajstić information content (AvgIpc) is 4.00. The Morgan fingerprint density at radius 2 is 0.984 bits per heavy atom. The van der Waals surface area contributed by atoms with Crippen molar-refractivity contribution >= 4 is 41.9 Å². The van der Waals surface area contributed by atoms with E-state index in [0.29, 0.717) is 43.6 Å². The summed E-state index contributed by atoms with van der Waals surface area (Å²) in [5, 5.41) is 3.45. The van der Waals surface area contributed by atoms with Gasteiger partial charge in [0.25, 0.3) is 0 Å². The molecule has 364 valence electrons.